The largest absolute Gasteiger partial charge is 0.382 e. The van der Waals surface area contributed by atoms with Gasteiger partial charge in [0, 0.05) is 35.4 Å². The molecule has 0 spiro atoms. The van der Waals surface area contributed by atoms with Crippen LogP contribution < -0.4 is 5.32 Å². The molecule has 1 aromatic heterocycles. The summed E-state index contributed by atoms with van der Waals surface area (Å²) in [6.07, 6.45) is 5.95. The van der Waals surface area contributed by atoms with Gasteiger partial charge in [0.15, 0.2) is 0 Å². The van der Waals surface area contributed by atoms with Crippen molar-refractivity contribution in [1.82, 2.24) is 9.88 Å². The second-order valence-corrected chi connectivity index (χ2v) is 6.42. The first-order valence-electron chi connectivity index (χ1n) is 8.32. The molecular weight excluding hydrogens is 258 g/mol. The molecule has 0 aliphatic carbocycles. The molecule has 0 bridgehead atoms. The van der Waals surface area contributed by atoms with E-state index in [9.17, 15) is 0 Å². The smallest absolute Gasteiger partial charge is 0.0455 e. The van der Waals surface area contributed by atoms with Crippen LogP contribution in [0.1, 0.15) is 33.1 Å². The van der Waals surface area contributed by atoms with E-state index >= 15 is 0 Å². The van der Waals surface area contributed by atoms with E-state index in [4.69, 9.17) is 0 Å². The standard InChI is InChI=1S/C18H27N3/c1-3-10-21-11-4-5-16(13-21)14(2)20-17-6-7-18-15(12-17)8-9-19-18/h6-9,12,14,16,19-20H,3-5,10-11,13H2,1-2H3. The van der Waals surface area contributed by atoms with Gasteiger partial charge in [0.05, 0.1) is 0 Å². The normalized spacial score (nSPS) is 21.5. The Labute approximate surface area is 127 Å². The van der Waals surface area contributed by atoms with Gasteiger partial charge in [-0.05, 0) is 69.5 Å². The van der Waals surface area contributed by atoms with Crippen LogP contribution in [-0.2, 0) is 0 Å². The first-order chi connectivity index (χ1) is 10.3. The van der Waals surface area contributed by atoms with Crippen LogP contribution in [0.2, 0.25) is 0 Å². The second-order valence-electron chi connectivity index (χ2n) is 6.42. The van der Waals surface area contributed by atoms with Gasteiger partial charge in [-0.2, -0.15) is 0 Å². The summed E-state index contributed by atoms with van der Waals surface area (Å²) in [5.41, 5.74) is 2.45. The number of nitrogens with zero attached hydrogens (tertiary/aromatic N) is 1. The molecule has 1 aromatic carbocycles. The molecule has 3 nitrogen and oxygen atoms in total. The summed E-state index contributed by atoms with van der Waals surface area (Å²) in [6.45, 7) is 8.39. The third-order valence-electron chi connectivity index (χ3n) is 4.74. The zero-order valence-electron chi connectivity index (χ0n) is 13.2. The maximum atomic E-state index is 3.72. The van der Waals surface area contributed by atoms with Gasteiger partial charge in [0.25, 0.3) is 0 Å². The maximum absolute atomic E-state index is 3.72. The van der Waals surface area contributed by atoms with Crippen molar-refractivity contribution in [2.45, 2.75) is 39.2 Å². The Kier molecular flexibility index (Phi) is 4.49. The lowest BCUT2D eigenvalue weighted by Gasteiger charge is -2.36. The van der Waals surface area contributed by atoms with Crippen molar-refractivity contribution in [2.75, 3.05) is 25.0 Å². The van der Waals surface area contributed by atoms with E-state index in [1.54, 1.807) is 0 Å². The highest BCUT2D eigenvalue weighted by molar-refractivity contribution is 5.83. The van der Waals surface area contributed by atoms with Crippen molar-refractivity contribution in [3.63, 3.8) is 0 Å². The number of hydrogen-bond acceptors (Lipinski definition) is 2. The van der Waals surface area contributed by atoms with Gasteiger partial charge in [0.1, 0.15) is 0 Å². The highest BCUT2D eigenvalue weighted by Gasteiger charge is 2.24. The summed E-state index contributed by atoms with van der Waals surface area (Å²) in [5.74, 6) is 0.757. The molecule has 1 aliphatic heterocycles. The monoisotopic (exact) mass is 285 g/mol. The number of rotatable bonds is 5. The molecule has 1 fully saturated rings. The van der Waals surface area contributed by atoms with E-state index in [1.807, 2.05) is 6.20 Å². The van der Waals surface area contributed by atoms with Crippen molar-refractivity contribution in [1.29, 1.82) is 0 Å². The zero-order valence-corrected chi connectivity index (χ0v) is 13.2. The molecule has 1 aliphatic rings. The summed E-state index contributed by atoms with van der Waals surface area (Å²) in [7, 11) is 0. The summed E-state index contributed by atoms with van der Waals surface area (Å²) in [6, 6.07) is 9.25. The number of hydrogen-bond donors (Lipinski definition) is 2. The van der Waals surface area contributed by atoms with Crippen LogP contribution >= 0.6 is 0 Å². The summed E-state index contributed by atoms with van der Waals surface area (Å²) < 4.78 is 0. The van der Waals surface area contributed by atoms with E-state index in [1.165, 1.54) is 55.5 Å². The Morgan fingerprint density at radius 2 is 2.29 bits per heavy atom. The van der Waals surface area contributed by atoms with Gasteiger partial charge < -0.3 is 15.2 Å². The third-order valence-corrected chi connectivity index (χ3v) is 4.74. The molecule has 21 heavy (non-hydrogen) atoms. The van der Waals surface area contributed by atoms with E-state index in [2.05, 4.69) is 53.3 Å². The minimum absolute atomic E-state index is 0.529. The van der Waals surface area contributed by atoms with Gasteiger partial charge in [-0.25, -0.2) is 0 Å². The average molecular weight is 285 g/mol. The van der Waals surface area contributed by atoms with Crippen molar-refractivity contribution in [2.24, 2.45) is 5.92 Å². The lowest BCUT2D eigenvalue weighted by Crippen LogP contribution is -2.42. The first-order valence-corrected chi connectivity index (χ1v) is 8.32. The molecule has 0 saturated carbocycles. The number of aromatic amines is 1. The first kappa shape index (κ1) is 14.5. The molecule has 2 atom stereocenters. The van der Waals surface area contributed by atoms with Crippen LogP contribution in [0.25, 0.3) is 10.9 Å². The van der Waals surface area contributed by atoms with Gasteiger partial charge in [0.2, 0.25) is 0 Å². The molecule has 2 aromatic rings. The lowest BCUT2D eigenvalue weighted by atomic mass is 9.91. The van der Waals surface area contributed by atoms with Crippen LogP contribution in [0, 0.1) is 5.92 Å². The fourth-order valence-corrected chi connectivity index (χ4v) is 3.54. The molecule has 2 heterocycles. The molecule has 3 heteroatoms. The van der Waals surface area contributed by atoms with E-state index in [0.29, 0.717) is 6.04 Å². The van der Waals surface area contributed by atoms with Crippen LogP contribution in [0.15, 0.2) is 30.5 Å². The second kappa shape index (κ2) is 6.52. The Hall–Kier alpha value is -1.48. The van der Waals surface area contributed by atoms with Gasteiger partial charge in [-0.1, -0.05) is 6.92 Å². The molecule has 1 saturated heterocycles. The molecular formula is C18H27N3. The Morgan fingerprint density at radius 3 is 3.14 bits per heavy atom. The van der Waals surface area contributed by atoms with Crippen molar-refractivity contribution in [3.8, 4) is 0 Å². The van der Waals surface area contributed by atoms with Gasteiger partial charge >= 0.3 is 0 Å². The maximum Gasteiger partial charge on any atom is 0.0455 e. The number of nitrogens with one attached hydrogen (secondary N) is 2. The Bertz CT molecular complexity index is 573. The predicted molar refractivity (Wildman–Crippen MR) is 90.8 cm³/mol. The van der Waals surface area contributed by atoms with Crippen LogP contribution in [-0.4, -0.2) is 35.6 Å². The molecule has 2 N–H and O–H groups in total. The zero-order chi connectivity index (χ0) is 14.7. The number of H-pyrrole nitrogens is 1. The highest BCUT2D eigenvalue weighted by atomic mass is 15.1. The summed E-state index contributed by atoms with van der Waals surface area (Å²) >= 11 is 0. The minimum Gasteiger partial charge on any atom is -0.382 e. The fourth-order valence-electron chi connectivity index (χ4n) is 3.54. The van der Waals surface area contributed by atoms with Gasteiger partial charge in [-0.15, -0.1) is 0 Å². The average Bonchev–Trinajstić information content (AvgIpc) is 2.95. The Balaban J connectivity index is 1.63. The third kappa shape index (κ3) is 3.41. The SMILES string of the molecule is CCCN1CCCC(C(C)Nc2ccc3[nH]ccc3c2)C1. The molecule has 2 unspecified atom stereocenters. The number of likely N-dealkylation sites (tertiary alicyclic amines) is 1. The molecule has 0 radical (unpaired) electrons. The van der Waals surface area contributed by atoms with Gasteiger partial charge in [-0.3, -0.25) is 0 Å². The number of fused-ring (bicyclic) bond motifs is 1. The quantitative estimate of drug-likeness (QED) is 0.867. The van der Waals surface area contributed by atoms with Crippen molar-refractivity contribution >= 4 is 16.6 Å². The van der Waals surface area contributed by atoms with E-state index in [-0.39, 0.29) is 0 Å². The van der Waals surface area contributed by atoms with Crippen molar-refractivity contribution < 1.29 is 0 Å². The lowest BCUT2D eigenvalue weighted by molar-refractivity contribution is 0.165. The van der Waals surface area contributed by atoms with Crippen LogP contribution in [0.5, 0.6) is 0 Å². The number of aromatic nitrogens is 1. The number of benzene rings is 1. The predicted octanol–water partition coefficient (Wildman–Crippen LogP) is 4.09. The minimum atomic E-state index is 0.529. The fraction of sp³-hybridized carbons (Fsp3) is 0.556. The van der Waals surface area contributed by atoms with E-state index < -0.39 is 0 Å². The molecule has 3 rings (SSSR count). The molecule has 114 valence electrons. The number of piperidine rings is 1. The van der Waals surface area contributed by atoms with E-state index in [0.717, 1.165) is 5.92 Å². The van der Waals surface area contributed by atoms with Crippen molar-refractivity contribution in [3.05, 3.63) is 30.5 Å². The molecule has 0 amide bonds. The van der Waals surface area contributed by atoms with Crippen LogP contribution in [0.4, 0.5) is 5.69 Å². The van der Waals surface area contributed by atoms with Crippen LogP contribution in [0.3, 0.4) is 0 Å². The Morgan fingerprint density at radius 1 is 1.38 bits per heavy atom. The topological polar surface area (TPSA) is 31.1 Å². The highest BCUT2D eigenvalue weighted by Crippen LogP contribution is 2.24. The number of anilines is 1. The summed E-state index contributed by atoms with van der Waals surface area (Å²) in [5, 5.41) is 5.00. The summed E-state index contributed by atoms with van der Waals surface area (Å²) in [4.78, 5) is 5.88.